The number of carbonyl (C=O) groups excluding carboxylic acids is 1. The summed E-state index contributed by atoms with van der Waals surface area (Å²) >= 11 is 5.94. The van der Waals surface area contributed by atoms with Crippen molar-refractivity contribution in [1.29, 1.82) is 0 Å². The number of anilines is 2. The van der Waals surface area contributed by atoms with E-state index in [1.54, 1.807) is 24.3 Å². The molecule has 7 heteroatoms. The SMILES string of the molecule is Cc1ccc(NC(=O)CCCN(c2cccc(Cl)c2)S(C)(=O)=O)cc1. The molecule has 0 fully saturated rings. The van der Waals surface area contributed by atoms with E-state index < -0.39 is 10.0 Å². The molecule has 0 radical (unpaired) electrons. The van der Waals surface area contributed by atoms with Crippen molar-refractivity contribution >= 4 is 38.9 Å². The van der Waals surface area contributed by atoms with Gasteiger partial charge < -0.3 is 5.32 Å². The lowest BCUT2D eigenvalue weighted by Gasteiger charge is -2.22. The fourth-order valence-electron chi connectivity index (χ4n) is 2.36. The number of halogens is 1. The monoisotopic (exact) mass is 380 g/mol. The van der Waals surface area contributed by atoms with E-state index in [0.29, 0.717) is 17.1 Å². The molecule has 25 heavy (non-hydrogen) atoms. The Balaban J connectivity index is 1.95. The molecule has 0 saturated carbocycles. The lowest BCUT2D eigenvalue weighted by atomic mass is 10.2. The molecule has 1 N–H and O–H groups in total. The van der Waals surface area contributed by atoms with Gasteiger partial charge in [0, 0.05) is 23.7 Å². The van der Waals surface area contributed by atoms with E-state index >= 15 is 0 Å². The van der Waals surface area contributed by atoms with E-state index in [2.05, 4.69) is 5.32 Å². The summed E-state index contributed by atoms with van der Waals surface area (Å²) in [6, 6.07) is 14.2. The largest absolute Gasteiger partial charge is 0.326 e. The molecule has 1 amide bonds. The van der Waals surface area contributed by atoms with Crippen LogP contribution in [0.15, 0.2) is 48.5 Å². The van der Waals surface area contributed by atoms with E-state index in [0.717, 1.165) is 17.5 Å². The van der Waals surface area contributed by atoms with Crippen molar-refractivity contribution in [1.82, 2.24) is 0 Å². The van der Waals surface area contributed by atoms with Crippen molar-refractivity contribution in [3.63, 3.8) is 0 Å². The molecular formula is C18H21ClN2O3S. The number of carbonyl (C=O) groups is 1. The molecule has 134 valence electrons. The van der Waals surface area contributed by atoms with Crippen LogP contribution < -0.4 is 9.62 Å². The van der Waals surface area contributed by atoms with Gasteiger partial charge in [-0.05, 0) is 43.7 Å². The van der Waals surface area contributed by atoms with E-state index in [4.69, 9.17) is 11.6 Å². The van der Waals surface area contributed by atoms with Crippen LogP contribution in [-0.4, -0.2) is 27.1 Å². The van der Waals surface area contributed by atoms with Gasteiger partial charge in [0.05, 0.1) is 11.9 Å². The highest BCUT2D eigenvalue weighted by atomic mass is 35.5. The van der Waals surface area contributed by atoms with Crippen LogP contribution in [0.3, 0.4) is 0 Å². The zero-order chi connectivity index (χ0) is 18.4. The first kappa shape index (κ1) is 19.3. The van der Waals surface area contributed by atoms with Gasteiger partial charge in [-0.25, -0.2) is 8.42 Å². The second kappa shape index (κ2) is 8.36. The lowest BCUT2D eigenvalue weighted by molar-refractivity contribution is -0.116. The number of nitrogens with zero attached hydrogens (tertiary/aromatic N) is 1. The third kappa shape index (κ3) is 6.07. The van der Waals surface area contributed by atoms with Crippen LogP contribution in [0.5, 0.6) is 0 Å². The van der Waals surface area contributed by atoms with Gasteiger partial charge in [-0.2, -0.15) is 0 Å². The van der Waals surface area contributed by atoms with Gasteiger partial charge in [-0.1, -0.05) is 35.4 Å². The maximum absolute atomic E-state index is 12.0. The Morgan fingerprint density at radius 1 is 1.16 bits per heavy atom. The van der Waals surface area contributed by atoms with Gasteiger partial charge in [0.1, 0.15) is 0 Å². The van der Waals surface area contributed by atoms with Crippen LogP contribution in [0.4, 0.5) is 11.4 Å². The molecule has 2 aromatic rings. The minimum Gasteiger partial charge on any atom is -0.326 e. The molecule has 0 heterocycles. The maximum Gasteiger partial charge on any atom is 0.232 e. The molecule has 0 atom stereocenters. The van der Waals surface area contributed by atoms with Crippen molar-refractivity contribution in [3.8, 4) is 0 Å². The Labute approximate surface area is 153 Å². The zero-order valence-electron chi connectivity index (χ0n) is 14.2. The molecule has 0 aliphatic carbocycles. The first-order chi connectivity index (χ1) is 11.8. The average Bonchev–Trinajstić information content (AvgIpc) is 2.52. The van der Waals surface area contributed by atoms with Crippen molar-refractivity contribution < 1.29 is 13.2 Å². The Kier molecular flexibility index (Phi) is 6.45. The van der Waals surface area contributed by atoms with Crippen LogP contribution in [0.1, 0.15) is 18.4 Å². The van der Waals surface area contributed by atoms with Crippen LogP contribution in [0.25, 0.3) is 0 Å². The molecule has 0 bridgehead atoms. The molecule has 0 unspecified atom stereocenters. The van der Waals surface area contributed by atoms with Gasteiger partial charge in [-0.15, -0.1) is 0 Å². The minimum atomic E-state index is -3.45. The summed E-state index contributed by atoms with van der Waals surface area (Å²) in [6.07, 6.45) is 1.76. The van der Waals surface area contributed by atoms with Crippen LogP contribution in [0.2, 0.25) is 5.02 Å². The van der Waals surface area contributed by atoms with Gasteiger partial charge >= 0.3 is 0 Å². The molecule has 5 nitrogen and oxygen atoms in total. The average molecular weight is 381 g/mol. The van der Waals surface area contributed by atoms with Crippen molar-refractivity contribution in [3.05, 3.63) is 59.1 Å². The number of aryl methyl sites for hydroxylation is 1. The van der Waals surface area contributed by atoms with Crippen LogP contribution in [-0.2, 0) is 14.8 Å². The normalized spacial score (nSPS) is 11.2. The Morgan fingerprint density at radius 2 is 1.84 bits per heavy atom. The topological polar surface area (TPSA) is 66.5 Å². The van der Waals surface area contributed by atoms with Gasteiger partial charge in [0.15, 0.2) is 0 Å². The number of benzene rings is 2. The number of rotatable bonds is 7. The smallest absolute Gasteiger partial charge is 0.232 e. The zero-order valence-corrected chi connectivity index (χ0v) is 15.8. The predicted molar refractivity (Wildman–Crippen MR) is 103 cm³/mol. The summed E-state index contributed by atoms with van der Waals surface area (Å²) in [5.74, 6) is -0.150. The first-order valence-electron chi connectivity index (χ1n) is 7.85. The summed E-state index contributed by atoms with van der Waals surface area (Å²) < 4.78 is 25.3. The fraction of sp³-hybridized carbons (Fsp3) is 0.278. The third-order valence-corrected chi connectivity index (χ3v) is 5.03. The number of hydrogen-bond acceptors (Lipinski definition) is 3. The van der Waals surface area contributed by atoms with Crippen molar-refractivity contribution in [2.75, 3.05) is 22.4 Å². The highest BCUT2D eigenvalue weighted by molar-refractivity contribution is 7.92. The summed E-state index contributed by atoms with van der Waals surface area (Å²) in [5, 5.41) is 3.26. The fourth-order valence-corrected chi connectivity index (χ4v) is 3.50. The van der Waals surface area contributed by atoms with Crippen LogP contribution >= 0.6 is 11.6 Å². The van der Waals surface area contributed by atoms with Crippen LogP contribution in [0, 0.1) is 6.92 Å². The molecule has 2 rings (SSSR count). The second-order valence-electron chi connectivity index (χ2n) is 5.83. The summed E-state index contributed by atoms with van der Waals surface area (Å²) in [6.45, 7) is 2.18. The van der Waals surface area contributed by atoms with E-state index in [-0.39, 0.29) is 18.9 Å². The number of hydrogen-bond donors (Lipinski definition) is 1. The minimum absolute atomic E-state index is 0.150. The number of nitrogens with one attached hydrogen (secondary N) is 1. The molecule has 0 saturated heterocycles. The second-order valence-corrected chi connectivity index (χ2v) is 8.18. The Hall–Kier alpha value is -2.05. The van der Waals surface area contributed by atoms with E-state index in [9.17, 15) is 13.2 Å². The van der Waals surface area contributed by atoms with Gasteiger partial charge in [0.25, 0.3) is 0 Å². The lowest BCUT2D eigenvalue weighted by Crippen LogP contribution is -2.31. The summed E-state index contributed by atoms with van der Waals surface area (Å²) in [4.78, 5) is 12.0. The Bertz CT molecular complexity index is 836. The molecular weight excluding hydrogens is 360 g/mol. The maximum atomic E-state index is 12.0. The number of sulfonamides is 1. The molecule has 0 aromatic heterocycles. The number of amides is 1. The molecule has 0 spiro atoms. The molecule has 2 aromatic carbocycles. The van der Waals surface area contributed by atoms with Crippen molar-refractivity contribution in [2.24, 2.45) is 0 Å². The highest BCUT2D eigenvalue weighted by Gasteiger charge is 2.17. The van der Waals surface area contributed by atoms with E-state index in [1.165, 1.54) is 4.31 Å². The quantitative estimate of drug-likeness (QED) is 0.793. The third-order valence-electron chi connectivity index (χ3n) is 3.60. The highest BCUT2D eigenvalue weighted by Crippen LogP contribution is 2.22. The van der Waals surface area contributed by atoms with Crippen molar-refractivity contribution in [2.45, 2.75) is 19.8 Å². The molecule has 0 aliphatic rings. The van der Waals surface area contributed by atoms with E-state index in [1.807, 2.05) is 31.2 Å². The van der Waals surface area contributed by atoms with Gasteiger partial charge in [-0.3, -0.25) is 9.10 Å². The summed E-state index contributed by atoms with van der Waals surface area (Å²) in [7, 11) is -3.45. The summed E-state index contributed by atoms with van der Waals surface area (Å²) in [5.41, 5.74) is 2.34. The standard InChI is InChI=1S/C18H21ClN2O3S/c1-14-8-10-16(11-9-14)20-18(22)7-4-12-21(25(2,23)24)17-6-3-5-15(19)13-17/h3,5-6,8-11,13H,4,7,12H2,1-2H3,(H,20,22). The molecule has 0 aliphatic heterocycles. The first-order valence-corrected chi connectivity index (χ1v) is 10.1. The Morgan fingerprint density at radius 3 is 2.44 bits per heavy atom. The van der Waals surface area contributed by atoms with Gasteiger partial charge in [0.2, 0.25) is 15.9 Å². The predicted octanol–water partition coefficient (Wildman–Crippen LogP) is 3.83.